The van der Waals surface area contributed by atoms with Crippen LogP contribution in [0.5, 0.6) is 0 Å². The molecule has 8 nitrogen and oxygen atoms in total. The van der Waals surface area contributed by atoms with Crippen LogP contribution >= 0.6 is 0 Å². The Morgan fingerprint density at radius 2 is 1.89 bits per heavy atom. The van der Waals surface area contributed by atoms with Crippen LogP contribution in [0, 0.1) is 0 Å². The van der Waals surface area contributed by atoms with Gasteiger partial charge in [0.05, 0.1) is 6.61 Å². The van der Waals surface area contributed by atoms with Crippen molar-refractivity contribution in [3.63, 3.8) is 0 Å². The van der Waals surface area contributed by atoms with E-state index in [1.165, 1.54) is 0 Å². The molecule has 3 rings (SSSR count). The van der Waals surface area contributed by atoms with Crippen molar-refractivity contribution in [1.82, 2.24) is 25.0 Å². The lowest BCUT2D eigenvalue weighted by Gasteiger charge is -2.42. The number of piperidine rings is 1. The summed E-state index contributed by atoms with van der Waals surface area (Å²) in [6.45, 7) is 7.47. The quantitative estimate of drug-likeness (QED) is 0.864. The average Bonchev–Trinajstić information content (AvgIpc) is 2.73. The molecule has 148 valence electrons. The van der Waals surface area contributed by atoms with Crippen LogP contribution in [0.15, 0.2) is 24.5 Å². The molecule has 2 saturated heterocycles. The number of nitrogens with one attached hydrogen (secondary N) is 1. The second-order valence-corrected chi connectivity index (χ2v) is 6.96. The molecule has 2 fully saturated rings. The Bertz CT molecular complexity index is 611. The summed E-state index contributed by atoms with van der Waals surface area (Å²) in [6.07, 6.45) is 5.21. The number of hydrogen-bond donors (Lipinski definition) is 1. The van der Waals surface area contributed by atoms with E-state index in [0.29, 0.717) is 19.2 Å². The second kappa shape index (κ2) is 9.55. The summed E-state index contributed by atoms with van der Waals surface area (Å²) < 4.78 is 5.08. The molecule has 0 unspecified atom stereocenters. The third kappa shape index (κ3) is 5.32. The lowest BCUT2D eigenvalue weighted by atomic mass is 10.0. The predicted molar refractivity (Wildman–Crippen MR) is 101 cm³/mol. The molecular weight excluding hydrogens is 346 g/mol. The average molecular weight is 375 g/mol. The first-order valence-corrected chi connectivity index (χ1v) is 9.74. The van der Waals surface area contributed by atoms with Gasteiger partial charge in [0, 0.05) is 64.2 Å². The Balaban J connectivity index is 1.37. The maximum Gasteiger partial charge on any atom is 0.409 e. The number of hydrogen-bond acceptors (Lipinski definition) is 5. The van der Waals surface area contributed by atoms with Crippen LogP contribution < -0.4 is 5.32 Å². The molecule has 0 bridgehead atoms. The Morgan fingerprint density at radius 3 is 2.52 bits per heavy atom. The zero-order valence-corrected chi connectivity index (χ0v) is 16.0. The number of pyridine rings is 1. The van der Waals surface area contributed by atoms with Crippen LogP contribution in [0.1, 0.15) is 25.3 Å². The molecule has 0 aliphatic carbocycles. The SMILES string of the molecule is CCOC(=O)N1CCC(N2CCN(C(=O)NCc3cccnc3)CC2)CC1. The van der Waals surface area contributed by atoms with Gasteiger partial charge in [-0.15, -0.1) is 0 Å². The molecule has 0 saturated carbocycles. The minimum Gasteiger partial charge on any atom is -0.450 e. The molecule has 1 aromatic rings. The van der Waals surface area contributed by atoms with E-state index in [4.69, 9.17) is 4.74 Å². The molecule has 2 aliphatic rings. The fourth-order valence-corrected chi connectivity index (χ4v) is 3.71. The van der Waals surface area contributed by atoms with Crippen LogP contribution in [0.2, 0.25) is 0 Å². The number of rotatable bonds is 4. The van der Waals surface area contributed by atoms with Gasteiger partial charge in [0.1, 0.15) is 0 Å². The predicted octanol–water partition coefficient (Wildman–Crippen LogP) is 1.53. The molecule has 0 atom stereocenters. The summed E-state index contributed by atoms with van der Waals surface area (Å²) in [5.41, 5.74) is 0.998. The van der Waals surface area contributed by atoms with Gasteiger partial charge in [-0.25, -0.2) is 9.59 Å². The Morgan fingerprint density at radius 1 is 1.15 bits per heavy atom. The molecule has 2 aliphatic heterocycles. The second-order valence-electron chi connectivity index (χ2n) is 6.96. The molecule has 1 N–H and O–H groups in total. The van der Waals surface area contributed by atoms with Gasteiger partial charge in [-0.1, -0.05) is 6.07 Å². The monoisotopic (exact) mass is 375 g/mol. The largest absolute Gasteiger partial charge is 0.450 e. The van der Waals surface area contributed by atoms with Crippen LogP contribution in [0.25, 0.3) is 0 Å². The number of aromatic nitrogens is 1. The first-order valence-electron chi connectivity index (χ1n) is 9.74. The number of carbonyl (C=O) groups excluding carboxylic acids is 2. The maximum absolute atomic E-state index is 12.4. The van der Waals surface area contributed by atoms with Crippen molar-refractivity contribution in [2.45, 2.75) is 32.4 Å². The third-order valence-corrected chi connectivity index (χ3v) is 5.27. The van der Waals surface area contributed by atoms with Crippen molar-refractivity contribution in [2.75, 3.05) is 45.9 Å². The van der Waals surface area contributed by atoms with Crippen LogP contribution in [0.4, 0.5) is 9.59 Å². The highest BCUT2D eigenvalue weighted by atomic mass is 16.6. The van der Waals surface area contributed by atoms with Gasteiger partial charge in [0.2, 0.25) is 0 Å². The summed E-state index contributed by atoms with van der Waals surface area (Å²) in [4.78, 5) is 34.3. The summed E-state index contributed by atoms with van der Waals surface area (Å²) in [7, 11) is 0. The van der Waals surface area contributed by atoms with Gasteiger partial charge in [-0.05, 0) is 31.4 Å². The summed E-state index contributed by atoms with van der Waals surface area (Å²) in [5, 5.41) is 2.96. The fraction of sp³-hybridized carbons (Fsp3) is 0.632. The number of ether oxygens (including phenoxy) is 1. The van der Waals surface area contributed by atoms with E-state index in [2.05, 4.69) is 15.2 Å². The normalized spacial score (nSPS) is 19.0. The number of nitrogens with zero attached hydrogens (tertiary/aromatic N) is 4. The number of likely N-dealkylation sites (tertiary alicyclic amines) is 1. The van der Waals surface area contributed by atoms with E-state index in [9.17, 15) is 9.59 Å². The third-order valence-electron chi connectivity index (χ3n) is 5.27. The first-order chi connectivity index (χ1) is 13.2. The highest BCUT2D eigenvalue weighted by Gasteiger charge is 2.30. The van der Waals surface area contributed by atoms with Gasteiger partial charge in [-0.2, -0.15) is 0 Å². The molecule has 27 heavy (non-hydrogen) atoms. The zero-order valence-electron chi connectivity index (χ0n) is 16.0. The van der Waals surface area contributed by atoms with Crippen molar-refractivity contribution < 1.29 is 14.3 Å². The van der Waals surface area contributed by atoms with Crippen LogP contribution in [-0.4, -0.2) is 83.7 Å². The van der Waals surface area contributed by atoms with Gasteiger partial charge in [0.15, 0.2) is 0 Å². The molecule has 0 spiro atoms. The first kappa shape index (κ1) is 19.4. The van der Waals surface area contributed by atoms with E-state index < -0.39 is 0 Å². The summed E-state index contributed by atoms with van der Waals surface area (Å²) >= 11 is 0. The van der Waals surface area contributed by atoms with Crippen LogP contribution in [0.3, 0.4) is 0 Å². The molecule has 0 aromatic carbocycles. The molecule has 3 heterocycles. The minimum atomic E-state index is -0.203. The molecule has 1 aromatic heterocycles. The zero-order chi connectivity index (χ0) is 19.1. The van der Waals surface area contributed by atoms with Crippen molar-refractivity contribution in [3.8, 4) is 0 Å². The van der Waals surface area contributed by atoms with E-state index in [1.807, 2.05) is 24.0 Å². The smallest absolute Gasteiger partial charge is 0.409 e. The standard InChI is InChI=1S/C19H29N5O3/c1-2-27-19(26)24-8-5-17(6-9-24)22-10-12-23(13-11-22)18(25)21-15-16-4-3-7-20-14-16/h3-4,7,14,17H,2,5-6,8-13,15H2,1H3,(H,21,25). The maximum atomic E-state index is 12.4. The molecule has 8 heteroatoms. The summed E-state index contributed by atoms with van der Waals surface area (Å²) in [5.74, 6) is 0. The van der Waals surface area contributed by atoms with E-state index in [1.54, 1.807) is 17.3 Å². The van der Waals surface area contributed by atoms with Gasteiger partial charge in [-0.3, -0.25) is 9.88 Å². The highest BCUT2D eigenvalue weighted by Crippen LogP contribution is 2.19. The van der Waals surface area contributed by atoms with E-state index in [-0.39, 0.29) is 12.1 Å². The number of piperazine rings is 1. The number of carbonyl (C=O) groups is 2. The van der Waals surface area contributed by atoms with Gasteiger partial charge >= 0.3 is 12.1 Å². The van der Waals surface area contributed by atoms with Gasteiger partial charge in [0.25, 0.3) is 0 Å². The van der Waals surface area contributed by atoms with Crippen molar-refractivity contribution in [3.05, 3.63) is 30.1 Å². The van der Waals surface area contributed by atoms with Crippen molar-refractivity contribution in [1.29, 1.82) is 0 Å². The molecule has 3 amide bonds. The van der Waals surface area contributed by atoms with Crippen LogP contribution in [-0.2, 0) is 11.3 Å². The number of amides is 3. The number of urea groups is 1. The summed E-state index contributed by atoms with van der Waals surface area (Å²) in [6, 6.07) is 4.29. The van der Waals surface area contributed by atoms with Crippen molar-refractivity contribution >= 4 is 12.1 Å². The van der Waals surface area contributed by atoms with E-state index in [0.717, 1.165) is 57.7 Å². The van der Waals surface area contributed by atoms with E-state index >= 15 is 0 Å². The molecule has 0 radical (unpaired) electrons. The highest BCUT2D eigenvalue weighted by molar-refractivity contribution is 5.74. The Labute approximate surface area is 160 Å². The van der Waals surface area contributed by atoms with Crippen molar-refractivity contribution in [2.24, 2.45) is 0 Å². The Kier molecular flexibility index (Phi) is 6.86. The topological polar surface area (TPSA) is 78.0 Å². The Hall–Kier alpha value is -2.35. The van der Waals surface area contributed by atoms with Gasteiger partial charge < -0.3 is 19.9 Å². The lowest BCUT2D eigenvalue weighted by Crippen LogP contribution is -2.56. The minimum absolute atomic E-state index is 0.0179. The molecular formula is C19H29N5O3. The lowest BCUT2D eigenvalue weighted by molar-refractivity contribution is 0.0568. The fourth-order valence-electron chi connectivity index (χ4n) is 3.71.